The number of rotatable bonds is 6. The monoisotopic (exact) mass is 597 g/mol. The summed E-state index contributed by atoms with van der Waals surface area (Å²) in [7, 11) is 6.68. The highest BCUT2D eigenvalue weighted by Crippen LogP contribution is 2.58. The summed E-state index contributed by atoms with van der Waals surface area (Å²) < 4.78 is 30.5. The smallest absolute Gasteiger partial charge is 0.174 e. The SMILES string of the molecule is COC1=CC(OC)CC(C2(c3cc(OC)cc(OC)c3)C=Cc3c4c(c5ccccc5c3O2)-c2ccc(C#N)cc2C4(C)C)=C1. The maximum Gasteiger partial charge on any atom is 0.174 e. The van der Waals surface area contributed by atoms with Gasteiger partial charge in [-0.25, -0.2) is 0 Å². The topological polar surface area (TPSA) is 69.9 Å². The van der Waals surface area contributed by atoms with Gasteiger partial charge in [-0.3, -0.25) is 0 Å². The number of hydrogen-bond donors (Lipinski definition) is 0. The second-order valence-corrected chi connectivity index (χ2v) is 12.2. The van der Waals surface area contributed by atoms with Crippen LogP contribution in [0, 0.1) is 11.3 Å². The quantitative estimate of drug-likeness (QED) is 0.223. The molecule has 0 fully saturated rings. The van der Waals surface area contributed by atoms with Crippen LogP contribution in [-0.2, 0) is 20.5 Å². The lowest BCUT2D eigenvalue weighted by molar-refractivity contribution is 0.106. The molecule has 6 nitrogen and oxygen atoms in total. The molecule has 3 aliphatic rings. The van der Waals surface area contributed by atoms with E-state index in [1.807, 2.05) is 36.4 Å². The van der Waals surface area contributed by atoms with Gasteiger partial charge in [0.1, 0.15) is 23.0 Å². The largest absolute Gasteiger partial charge is 0.497 e. The Morgan fingerprint density at radius 2 is 1.62 bits per heavy atom. The van der Waals surface area contributed by atoms with E-state index in [0.29, 0.717) is 29.2 Å². The minimum atomic E-state index is -1.02. The van der Waals surface area contributed by atoms with E-state index in [0.717, 1.165) is 44.3 Å². The first-order chi connectivity index (χ1) is 21.8. The first kappa shape index (κ1) is 28.8. The van der Waals surface area contributed by atoms with Crippen LogP contribution in [0.2, 0.25) is 0 Å². The first-order valence-electron chi connectivity index (χ1n) is 15.0. The normalized spacial score (nSPS) is 20.6. The summed E-state index contributed by atoms with van der Waals surface area (Å²) in [6.07, 6.45) is 8.80. The molecule has 226 valence electrons. The van der Waals surface area contributed by atoms with Crippen LogP contribution in [0.3, 0.4) is 0 Å². The summed E-state index contributed by atoms with van der Waals surface area (Å²) in [6, 6.07) is 22.7. The van der Waals surface area contributed by atoms with Crippen molar-refractivity contribution in [1.29, 1.82) is 5.26 Å². The molecule has 6 heteroatoms. The Bertz CT molecular complexity index is 1990. The van der Waals surface area contributed by atoms with E-state index in [1.165, 1.54) is 11.1 Å². The summed E-state index contributed by atoms with van der Waals surface area (Å²) in [5, 5.41) is 11.9. The lowest BCUT2D eigenvalue weighted by Crippen LogP contribution is -2.38. The van der Waals surface area contributed by atoms with Crippen LogP contribution in [0.25, 0.3) is 28.0 Å². The van der Waals surface area contributed by atoms with Gasteiger partial charge in [0.2, 0.25) is 0 Å². The van der Waals surface area contributed by atoms with E-state index >= 15 is 0 Å². The van der Waals surface area contributed by atoms with Crippen molar-refractivity contribution in [3.63, 3.8) is 0 Å². The van der Waals surface area contributed by atoms with Crippen molar-refractivity contribution < 1.29 is 23.7 Å². The van der Waals surface area contributed by atoms with Gasteiger partial charge in [-0.05, 0) is 75.7 Å². The van der Waals surface area contributed by atoms with E-state index in [2.05, 4.69) is 68.5 Å². The van der Waals surface area contributed by atoms with E-state index in [1.54, 1.807) is 28.4 Å². The predicted octanol–water partition coefficient (Wildman–Crippen LogP) is 8.21. The number of nitrogens with zero attached hydrogens (tertiary/aromatic N) is 1. The van der Waals surface area contributed by atoms with Crippen LogP contribution in [0.4, 0.5) is 0 Å². The molecule has 2 atom stereocenters. The Labute approximate surface area is 263 Å². The molecule has 45 heavy (non-hydrogen) atoms. The molecular weight excluding hydrogens is 562 g/mol. The molecule has 0 spiro atoms. The Morgan fingerprint density at radius 3 is 2.29 bits per heavy atom. The van der Waals surface area contributed by atoms with Gasteiger partial charge in [0.05, 0.1) is 39.1 Å². The zero-order valence-electron chi connectivity index (χ0n) is 26.4. The Morgan fingerprint density at radius 1 is 0.889 bits per heavy atom. The van der Waals surface area contributed by atoms with Gasteiger partial charge in [-0.2, -0.15) is 5.26 Å². The summed E-state index contributed by atoms with van der Waals surface area (Å²) in [4.78, 5) is 0. The molecule has 2 aliphatic carbocycles. The molecule has 0 saturated carbocycles. The van der Waals surface area contributed by atoms with Crippen LogP contribution < -0.4 is 14.2 Å². The van der Waals surface area contributed by atoms with Gasteiger partial charge in [0, 0.05) is 41.5 Å². The molecule has 4 aromatic carbocycles. The molecule has 4 aromatic rings. The maximum atomic E-state index is 9.73. The highest BCUT2D eigenvalue weighted by Gasteiger charge is 2.46. The van der Waals surface area contributed by atoms with Crippen LogP contribution in [0.1, 0.15) is 48.1 Å². The van der Waals surface area contributed by atoms with E-state index < -0.39 is 5.60 Å². The third-order valence-corrected chi connectivity index (χ3v) is 9.55. The number of benzene rings is 4. The Balaban J connectivity index is 1.54. The molecular formula is C39H35NO5. The average molecular weight is 598 g/mol. The molecule has 0 bridgehead atoms. The van der Waals surface area contributed by atoms with Crippen molar-refractivity contribution in [3.8, 4) is 34.4 Å². The first-order valence-corrected chi connectivity index (χ1v) is 15.0. The number of methoxy groups -OCH3 is 4. The molecule has 0 saturated heterocycles. The summed E-state index contributed by atoms with van der Waals surface area (Å²) in [5.74, 6) is 2.84. The Hall–Kier alpha value is -4.99. The van der Waals surface area contributed by atoms with Crippen molar-refractivity contribution in [1.82, 2.24) is 0 Å². The fourth-order valence-corrected chi connectivity index (χ4v) is 7.31. The van der Waals surface area contributed by atoms with Crippen LogP contribution in [0.15, 0.2) is 90.2 Å². The minimum Gasteiger partial charge on any atom is -0.497 e. The Kier molecular flexibility index (Phi) is 6.76. The average Bonchev–Trinajstić information content (AvgIpc) is 3.33. The fraction of sp³-hybridized carbons (Fsp3) is 0.256. The lowest BCUT2D eigenvalue weighted by Gasteiger charge is -2.41. The van der Waals surface area contributed by atoms with Crippen molar-refractivity contribution in [3.05, 3.63) is 118 Å². The van der Waals surface area contributed by atoms with Crippen LogP contribution >= 0.6 is 0 Å². The van der Waals surface area contributed by atoms with Crippen LogP contribution in [0.5, 0.6) is 17.2 Å². The van der Waals surface area contributed by atoms with E-state index in [-0.39, 0.29) is 11.5 Å². The van der Waals surface area contributed by atoms with Crippen molar-refractivity contribution in [2.75, 3.05) is 28.4 Å². The number of hydrogen-bond acceptors (Lipinski definition) is 6. The summed E-state index contributed by atoms with van der Waals surface area (Å²) >= 11 is 0. The predicted molar refractivity (Wildman–Crippen MR) is 176 cm³/mol. The van der Waals surface area contributed by atoms with Crippen molar-refractivity contribution >= 4 is 16.8 Å². The minimum absolute atomic E-state index is 0.192. The third kappa shape index (κ3) is 4.26. The molecule has 0 radical (unpaired) electrons. The highest BCUT2D eigenvalue weighted by atomic mass is 16.5. The maximum absolute atomic E-state index is 9.73. The van der Waals surface area contributed by atoms with Gasteiger partial charge in [0.25, 0.3) is 0 Å². The van der Waals surface area contributed by atoms with Crippen molar-refractivity contribution in [2.24, 2.45) is 0 Å². The fourth-order valence-electron chi connectivity index (χ4n) is 7.31. The standard InChI is InChI=1S/C39H35NO5/c1-38(2)34-15-23(22-40)11-12-32(34)35-30-9-7-8-10-31(30)37-33(36(35)38)13-14-39(45-37,24-16-26(41-3)20-27(17-24)42-4)25-18-28(43-5)21-29(19-25)44-6/h7-18,20-21,29H,19H2,1-6H3. The van der Waals surface area contributed by atoms with Crippen molar-refractivity contribution in [2.45, 2.75) is 37.4 Å². The third-order valence-electron chi connectivity index (χ3n) is 9.55. The summed E-state index contributed by atoms with van der Waals surface area (Å²) in [5.41, 5.74) is 6.84. The van der Waals surface area contributed by atoms with Gasteiger partial charge < -0.3 is 23.7 Å². The van der Waals surface area contributed by atoms with Crippen LogP contribution in [-0.4, -0.2) is 34.5 Å². The number of nitriles is 1. The molecule has 2 unspecified atom stereocenters. The van der Waals surface area contributed by atoms with Gasteiger partial charge >= 0.3 is 0 Å². The lowest BCUT2D eigenvalue weighted by atomic mass is 9.75. The van der Waals surface area contributed by atoms with E-state index in [4.69, 9.17) is 23.7 Å². The second-order valence-electron chi connectivity index (χ2n) is 12.2. The molecule has 7 rings (SSSR count). The molecule has 0 N–H and O–H groups in total. The zero-order valence-corrected chi connectivity index (χ0v) is 26.4. The van der Waals surface area contributed by atoms with Gasteiger partial charge in [-0.1, -0.05) is 50.3 Å². The highest BCUT2D eigenvalue weighted by molar-refractivity contribution is 6.08. The molecule has 0 aromatic heterocycles. The number of ether oxygens (including phenoxy) is 5. The molecule has 0 amide bonds. The second kappa shape index (κ2) is 10.6. The van der Waals surface area contributed by atoms with Gasteiger partial charge in [-0.15, -0.1) is 0 Å². The van der Waals surface area contributed by atoms with E-state index in [9.17, 15) is 5.26 Å². The van der Waals surface area contributed by atoms with Gasteiger partial charge in [0.15, 0.2) is 5.60 Å². The molecule has 1 heterocycles. The zero-order chi connectivity index (χ0) is 31.5. The molecule has 1 aliphatic heterocycles. The number of fused-ring (bicyclic) bond motifs is 8. The number of allylic oxidation sites excluding steroid dienone is 1. The summed E-state index contributed by atoms with van der Waals surface area (Å²) in [6.45, 7) is 4.47.